The van der Waals surface area contributed by atoms with Gasteiger partial charge in [-0.3, -0.25) is 43.2 Å². The lowest BCUT2D eigenvalue weighted by Gasteiger charge is -2.16. The molecule has 0 aromatic carbocycles. The molecule has 0 spiro atoms. The standard InChI is InChI=1S/C60H102N8O21S/c1-2-45(52(73)41-69)20-16-17-31-61-54(74)30-28-51(60(82)83)64-56(76)29-25-46(58(78)79)40-49(72)42-88-37-36-87-34-32-62-57(77)43-89-38-35-86-33-18-22-47(70)26-27-50(59(80)81)63-55(75)24-19-39-90(84,85)44-48(71)21-14-12-10-8-6-4-3-5-7-9-11-13-15-23-53-65-67-68-66-53/h45-46,50-51,69H,2-44H2,1H3,(H,61,74)(H,62,77)(H,63,75)(H,64,76)(H,78,79)(H,80,81)(H,82,83)(H,65,66,67,68)/t45-,46+,50-,51-/m0/s1. The molecule has 90 heavy (non-hydrogen) atoms. The number of carbonyl (C=O) groups excluding carboxylic acids is 8. The highest BCUT2D eigenvalue weighted by molar-refractivity contribution is 7.92. The molecular formula is C60H102N8O21S. The van der Waals surface area contributed by atoms with Crippen LogP contribution >= 0.6 is 0 Å². The van der Waals surface area contributed by atoms with Crippen molar-refractivity contribution in [2.75, 3.05) is 84.1 Å². The van der Waals surface area contributed by atoms with Gasteiger partial charge in [-0.15, -0.1) is 10.2 Å². The molecule has 30 heteroatoms. The number of tetrazole rings is 1. The van der Waals surface area contributed by atoms with Crippen LogP contribution in [0.5, 0.6) is 0 Å². The number of aryl methyl sites for hydroxylation is 1. The number of ether oxygens (including phenoxy) is 4. The fourth-order valence-electron chi connectivity index (χ4n) is 9.42. The number of aliphatic carboxylic acids is 3. The van der Waals surface area contributed by atoms with E-state index in [0.29, 0.717) is 45.1 Å². The summed E-state index contributed by atoms with van der Waals surface area (Å²) in [6, 6.07) is -2.76. The van der Waals surface area contributed by atoms with Crippen LogP contribution in [0, 0.1) is 11.8 Å². The van der Waals surface area contributed by atoms with Crippen molar-refractivity contribution >= 4 is 74.5 Å². The van der Waals surface area contributed by atoms with E-state index in [1.54, 1.807) is 0 Å². The molecule has 0 bridgehead atoms. The summed E-state index contributed by atoms with van der Waals surface area (Å²) in [6.07, 6.45) is 15.9. The molecule has 1 rings (SSSR count). The molecular weight excluding hydrogens is 1200 g/mol. The number of aromatic nitrogens is 4. The second-order valence-corrected chi connectivity index (χ2v) is 24.6. The van der Waals surface area contributed by atoms with Crippen LogP contribution in [-0.4, -0.2) is 210 Å². The number of amides is 4. The number of aliphatic hydroxyl groups is 1. The first kappa shape index (κ1) is 81.8. The molecule has 4 atom stereocenters. The van der Waals surface area contributed by atoms with E-state index in [-0.39, 0.29) is 140 Å². The summed E-state index contributed by atoms with van der Waals surface area (Å²) in [6.45, 7) is 1.59. The van der Waals surface area contributed by atoms with E-state index < -0.39 is 107 Å². The van der Waals surface area contributed by atoms with Gasteiger partial charge in [0.15, 0.2) is 27.2 Å². The average molecular weight is 1300 g/mol. The van der Waals surface area contributed by atoms with Crippen LogP contribution in [0.4, 0.5) is 0 Å². The van der Waals surface area contributed by atoms with Gasteiger partial charge in [-0.25, -0.2) is 18.0 Å². The zero-order valence-electron chi connectivity index (χ0n) is 52.7. The summed E-state index contributed by atoms with van der Waals surface area (Å²) < 4.78 is 46.4. The predicted octanol–water partition coefficient (Wildman–Crippen LogP) is 3.51. The Morgan fingerprint density at radius 1 is 0.489 bits per heavy atom. The van der Waals surface area contributed by atoms with Crippen LogP contribution in [0.15, 0.2) is 0 Å². The molecule has 514 valence electrons. The second-order valence-electron chi connectivity index (χ2n) is 22.4. The molecule has 0 aliphatic carbocycles. The van der Waals surface area contributed by atoms with Gasteiger partial charge >= 0.3 is 17.9 Å². The second kappa shape index (κ2) is 52.4. The van der Waals surface area contributed by atoms with Crippen LogP contribution in [0.25, 0.3) is 0 Å². The molecule has 1 aromatic rings. The topological polar surface area (TPSA) is 442 Å². The van der Waals surface area contributed by atoms with E-state index in [1.807, 2.05) is 6.92 Å². The summed E-state index contributed by atoms with van der Waals surface area (Å²) in [5.41, 5.74) is 0. The number of carboxylic acid groups (broad SMARTS) is 3. The normalized spacial score (nSPS) is 12.7. The van der Waals surface area contributed by atoms with Crippen LogP contribution in [0.3, 0.4) is 0 Å². The highest BCUT2D eigenvalue weighted by Gasteiger charge is 2.26. The lowest BCUT2D eigenvalue weighted by molar-refractivity contribution is -0.145. The molecule has 1 aromatic heterocycles. The minimum Gasteiger partial charge on any atom is -0.481 e. The fourth-order valence-corrected chi connectivity index (χ4v) is 10.8. The third-order valence-corrected chi connectivity index (χ3v) is 16.3. The van der Waals surface area contributed by atoms with Crippen molar-refractivity contribution in [3.63, 3.8) is 0 Å². The number of H-pyrrole nitrogens is 1. The fraction of sp³-hybridized carbons (Fsp3) is 0.800. The average Bonchev–Trinajstić information content (AvgIpc) is 2.91. The maximum absolute atomic E-state index is 12.5. The van der Waals surface area contributed by atoms with Gasteiger partial charge in [0.1, 0.15) is 49.2 Å². The molecule has 0 saturated carbocycles. The van der Waals surface area contributed by atoms with E-state index in [2.05, 4.69) is 41.9 Å². The molecule has 0 radical (unpaired) electrons. The first-order valence-corrected chi connectivity index (χ1v) is 33.7. The van der Waals surface area contributed by atoms with Gasteiger partial charge < -0.3 is 60.6 Å². The predicted molar refractivity (Wildman–Crippen MR) is 326 cm³/mol. The summed E-state index contributed by atoms with van der Waals surface area (Å²) in [7, 11) is -3.74. The third kappa shape index (κ3) is 45.9. The maximum atomic E-state index is 12.5. The number of carboxylic acids is 3. The van der Waals surface area contributed by atoms with Crippen molar-refractivity contribution in [2.24, 2.45) is 11.8 Å². The summed E-state index contributed by atoms with van der Waals surface area (Å²) in [5, 5.41) is 61.6. The Kier molecular flexibility index (Phi) is 47.6. The molecule has 1 heterocycles. The Morgan fingerprint density at radius 3 is 1.62 bits per heavy atom. The summed E-state index contributed by atoms with van der Waals surface area (Å²) in [4.78, 5) is 134. The number of unbranched alkanes of at least 4 members (excludes halogenated alkanes) is 13. The first-order valence-electron chi connectivity index (χ1n) is 31.9. The molecule has 0 aliphatic heterocycles. The molecule has 9 N–H and O–H groups in total. The minimum absolute atomic E-state index is 0.0220. The van der Waals surface area contributed by atoms with E-state index in [4.69, 9.17) is 24.1 Å². The van der Waals surface area contributed by atoms with Crippen molar-refractivity contribution in [1.29, 1.82) is 0 Å². The van der Waals surface area contributed by atoms with Crippen molar-refractivity contribution in [3.05, 3.63) is 5.82 Å². The number of Topliss-reactive ketones (excluding diaryl/α,β-unsaturated/α-hetero) is 4. The largest absolute Gasteiger partial charge is 0.481 e. The van der Waals surface area contributed by atoms with Crippen LogP contribution < -0.4 is 21.3 Å². The van der Waals surface area contributed by atoms with Crippen molar-refractivity contribution in [1.82, 2.24) is 41.9 Å². The Bertz CT molecular complexity index is 2360. The van der Waals surface area contributed by atoms with Crippen molar-refractivity contribution < 1.29 is 101 Å². The molecule has 0 unspecified atom stereocenters. The molecule has 0 fully saturated rings. The van der Waals surface area contributed by atoms with Gasteiger partial charge in [0.25, 0.3) is 0 Å². The lowest BCUT2D eigenvalue weighted by Crippen LogP contribution is -2.42. The number of rotatable bonds is 63. The van der Waals surface area contributed by atoms with Gasteiger partial charge in [-0.1, -0.05) is 89.2 Å². The Labute approximate surface area is 528 Å². The SMILES string of the molecule is CC[C@@H](CCCCNC(=O)CC[C@H](NC(=O)CC[C@H](CC(=O)COCCOCCNC(=O)COCCOCCCC(=O)CC[C@H](NC(=O)CCCS(=O)(=O)CC(=O)CCCCCCCCCCCCCCCc1nn[nH]n1)C(=O)O)C(=O)O)C(=O)O)C(=O)CO. The number of nitrogens with one attached hydrogen (secondary N) is 5. The van der Waals surface area contributed by atoms with Gasteiger partial charge in [0.05, 0.1) is 44.7 Å². The van der Waals surface area contributed by atoms with E-state index >= 15 is 0 Å². The van der Waals surface area contributed by atoms with E-state index in [1.165, 1.54) is 44.9 Å². The highest BCUT2D eigenvalue weighted by atomic mass is 32.2. The number of aliphatic hydroxyl groups excluding tert-OH is 1. The quantitative estimate of drug-likeness (QED) is 0.0421. The van der Waals surface area contributed by atoms with Gasteiger partial charge in [0, 0.05) is 77.0 Å². The minimum atomic E-state index is -3.74. The number of sulfone groups is 1. The van der Waals surface area contributed by atoms with Gasteiger partial charge in [-0.2, -0.15) is 5.21 Å². The zero-order valence-corrected chi connectivity index (χ0v) is 53.5. The monoisotopic (exact) mass is 1300 g/mol. The van der Waals surface area contributed by atoms with Crippen molar-refractivity contribution in [2.45, 2.75) is 212 Å². The Hall–Kier alpha value is -6.21. The van der Waals surface area contributed by atoms with Gasteiger partial charge in [0.2, 0.25) is 23.6 Å². The Morgan fingerprint density at radius 2 is 1.03 bits per heavy atom. The summed E-state index contributed by atoms with van der Waals surface area (Å²) >= 11 is 0. The van der Waals surface area contributed by atoms with E-state index in [0.717, 1.165) is 44.3 Å². The first-order chi connectivity index (χ1) is 43.2. The molecule has 0 aliphatic rings. The third-order valence-electron chi connectivity index (χ3n) is 14.6. The maximum Gasteiger partial charge on any atom is 0.326 e. The summed E-state index contributed by atoms with van der Waals surface area (Å²) in [5.74, 6) is -9.46. The zero-order chi connectivity index (χ0) is 66.6. The van der Waals surface area contributed by atoms with Gasteiger partial charge in [-0.05, 0) is 64.2 Å². The molecule has 29 nitrogen and oxygen atoms in total. The van der Waals surface area contributed by atoms with Crippen LogP contribution in [0.2, 0.25) is 0 Å². The molecule has 0 saturated heterocycles. The highest BCUT2D eigenvalue weighted by Crippen LogP contribution is 2.17. The van der Waals surface area contributed by atoms with Crippen molar-refractivity contribution in [3.8, 4) is 0 Å². The van der Waals surface area contributed by atoms with E-state index in [9.17, 15) is 76.5 Å². The molecule has 4 amide bonds. The number of hydrogen-bond donors (Lipinski definition) is 9. The number of hydrogen-bond acceptors (Lipinski definition) is 21. The Balaban J connectivity index is 2.07. The number of aromatic amines is 1. The number of ketones is 4. The number of nitrogens with zero attached hydrogens (tertiary/aromatic N) is 3. The number of carbonyl (C=O) groups is 11. The smallest absolute Gasteiger partial charge is 0.326 e. The lowest BCUT2D eigenvalue weighted by atomic mass is 9.95. The van der Waals surface area contributed by atoms with Crippen LogP contribution in [0.1, 0.15) is 199 Å². The van der Waals surface area contributed by atoms with Crippen LogP contribution in [-0.2, 0) is 87.9 Å².